The van der Waals surface area contributed by atoms with Gasteiger partial charge in [0.2, 0.25) is 0 Å². The first-order valence-electron chi connectivity index (χ1n) is 13.6. The van der Waals surface area contributed by atoms with Crippen LogP contribution in [-0.4, -0.2) is 24.0 Å². The molecule has 2 aromatic rings. The molecule has 0 saturated heterocycles. The van der Waals surface area contributed by atoms with Gasteiger partial charge < -0.3 is 9.26 Å². The summed E-state index contributed by atoms with van der Waals surface area (Å²) in [7, 11) is 1.42. The van der Waals surface area contributed by atoms with Gasteiger partial charge in [-0.1, -0.05) is 42.7 Å². The summed E-state index contributed by atoms with van der Waals surface area (Å²) in [5.41, 5.74) is 4.09. The molecule has 3 fully saturated rings. The summed E-state index contributed by atoms with van der Waals surface area (Å²) in [5.74, 6) is 2.61. The minimum Gasteiger partial charge on any atom is -0.469 e. The number of carbonyl (C=O) groups is 2. The van der Waals surface area contributed by atoms with Gasteiger partial charge in [0.1, 0.15) is 11.5 Å². The normalized spacial score (nSPS) is 27.8. The van der Waals surface area contributed by atoms with E-state index in [0.29, 0.717) is 35.6 Å². The van der Waals surface area contributed by atoms with E-state index in [1.54, 1.807) is 0 Å². The lowest BCUT2D eigenvalue weighted by Gasteiger charge is -2.35. The van der Waals surface area contributed by atoms with Crippen LogP contribution in [0.2, 0.25) is 5.02 Å². The van der Waals surface area contributed by atoms with Gasteiger partial charge in [-0.05, 0) is 86.8 Å². The van der Waals surface area contributed by atoms with Crippen LogP contribution in [0.5, 0.6) is 0 Å². The van der Waals surface area contributed by atoms with Gasteiger partial charge in [0.15, 0.2) is 0 Å². The Hall–Kier alpha value is -2.14. The lowest BCUT2D eigenvalue weighted by Crippen LogP contribution is -2.24. The topological polar surface area (TPSA) is 69.4 Å². The Morgan fingerprint density at radius 2 is 1.89 bits per heavy atom. The number of Topliss-reactive ketones (excluding diaryl/α,β-unsaturated/α-hetero) is 1. The summed E-state index contributed by atoms with van der Waals surface area (Å²) in [6.45, 7) is 6.56. The fourth-order valence-electron chi connectivity index (χ4n) is 6.65. The molecular formula is C30H38ClNO4. The second kappa shape index (κ2) is 10.3. The van der Waals surface area contributed by atoms with Crippen molar-refractivity contribution in [1.82, 2.24) is 5.16 Å². The average Bonchev–Trinajstić information content (AvgIpc) is 3.40. The van der Waals surface area contributed by atoms with E-state index >= 15 is 0 Å². The number of nitrogens with zero attached hydrogens (tertiary/aromatic N) is 1. The van der Waals surface area contributed by atoms with Gasteiger partial charge in [-0.15, -0.1) is 0 Å². The summed E-state index contributed by atoms with van der Waals surface area (Å²) < 4.78 is 11.2. The molecule has 3 aliphatic carbocycles. The molecule has 0 bridgehead atoms. The first-order valence-corrected chi connectivity index (χ1v) is 14.0. The van der Waals surface area contributed by atoms with Crippen LogP contribution in [0.1, 0.15) is 105 Å². The quantitative estimate of drug-likeness (QED) is 0.334. The highest BCUT2D eigenvalue weighted by molar-refractivity contribution is 6.31. The molecule has 194 valence electrons. The van der Waals surface area contributed by atoms with E-state index < -0.39 is 0 Å². The highest BCUT2D eigenvalue weighted by Crippen LogP contribution is 2.55. The Labute approximate surface area is 219 Å². The highest BCUT2D eigenvalue weighted by atomic mass is 35.5. The van der Waals surface area contributed by atoms with Crippen molar-refractivity contribution in [3.63, 3.8) is 0 Å². The molecule has 0 spiro atoms. The minimum absolute atomic E-state index is 0.115. The molecule has 3 atom stereocenters. The largest absolute Gasteiger partial charge is 0.469 e. The summed E-state index contributed by atoms with van der Waals surface area (Å²) >= 11 is 6.46. The molecule has 1 heterocycles. The van der Waals surface area contributed by atoms with Crippen LogP contribution in [-0.2, 0) is 20.7 Å². The van der Waals surface area contributed by atoms with E-state index in [1.807, 2.05) is 25.1 Å². The number of aromatic nitrogens is 1. The average molecular weight is 512 g/mol. The van der Waals surface area contributed by atoms with Crippen molar-refractivity contribution < 1.29 is 18.8 Å². The standard InChI is InChI=1S/C30H38ClNO4/c1-16(2)9-18-11-21(12-18)29-27(19-7-8-19)28(32-36-29)24-14-22(30(34)35-4)13-23(24)26(33)15-20-6-5-17(3)10-25(20)31/h5-6,10,16,18-19,21-24H,7-9,11-15H2,1-4H3/t18?,21?,22-,23+,24+/m1/s1. The van der Waals surface area contributed by atoms with Crippen LogP contribution in [0, 0.1) is 30.6 Å². The molecule has 5 rings (SSSR count). The predicted octanol–water partition coefficient (Wildman–Crippen LogP) is 7.15. The van der Waals surface area contributed by atoms with Crippen LogP contribution >= 0.6 is 11.6 Å². The number of halogens is 1. The molecule has 0 unspecified atom stereocenters. The maximum atomic E-state index is 13.7. The molecular weight excluding hydrogens is 474 g/mol. The summed E-state index contributed by atoms with van der Waals surface area (Å²) in [5, 5.41) is 5.25. The van der Waals surface area contributed by atoms with Gasteiger partial charge in [-0.3, -0.25) is 9.59 Å². The Morgan fingerprint density at radius 3 is 2.53 bits per heavy atom. The molecule has 3 saturated carbocycles. The number of benzene rings is 1. The fraction of sp³-hybridized carbons (Fsp3) is 0.633. The number of hydrogen-bond acceptors (Lipinski definition) is 5. The molecule has 5 nitrogen and oxygen atoms in total. The van der Waals surface area contributed by atoms with E-state index in [0.717, 1.165) is 54.2 Å². The Kier molecular flexibility index (Phi) is 7.31. The second-order valence-electron chi connectivity index (χ2n) is 11.9. The van der Waals surface area contributed by atoms with Crippen LogP contribution in [0.25, 0.3) is 0 Å². The molecule has 0 aliphatic heterocycles. The van der Waals surface area contributed by atoms with Crippen molar-refractivity contribution >= 4 is 23.4 Å². The molecule has 1 aromatic carbocycles. The smallest absolute Gasteiger partial charge is 0.308 e. The second-order valence-corrected chi connectivity index (χ2v) is 12.3. The Bertz CT molecular complexity index is 1130. The third-order valence-electron chi connectivity index (χ3n) is 8.62. The number of methoxy groups -OCH3 is 1. The highest BCUT2D eigenvalue weighted by Gasteiger charge is 2.48. The number of rotatable bonds is 9. The maximum absolute atomic E-state index is 13.7. The van der Waals surface area contributed by atoms with Gasteiger partial charge in [0.05, 0.1) is 18.7 Å². The van der Waals surface area contributed by atoms with Crippen LogP contribution in [0.15, 0.2) is 22.7 Å². The predicted molar refractivity (Wildman–Crippen MR) is 139 cm³/mol. The molecule has 0 amide bonds. The summed E-state index contributed by atoms with van der Waals surface area (Å²) in [6, 6.07) is 5.82. The molecule has 0 N–H and O–H groups in total. The van der Waals surface area contributed by atoms with Crippen molar-refractivity contribution in [1.29, 1.82) is 0 Å². The minimum atomic E-state index is -0.297. The van der Waals surface area contributed by atoms with Crippen molar-refractivity contribution in [2.45, 2.75) is 89.9 Å². The Balaban J connectivity index is 1.41. The van der Waals surface area contributed by atoms with Gasteiger partial charge in [0.25, 0.3) is 0 Å². The van der Waals surface area contributed by atoms with Gasteiger partial charge in [0, 0.05) is 34.8 Å². The third-order valence-corrected chi connectivity index (χ3v) is 8.97. The number of ketones is 1. The molecule has 1 aromatic heterocycles. The van der Waals surface area contributed by atoms with Crippen molar-refractivity contribution in [3.8, 4) is 0 Å². The number of aryl methyl sites for hydroxylation is 1. The van der Waals surface area contributed by atoms with Crippen molar-refractivity contribution in [2.75, 3.05) is 7.11 Å². The molecule has 0 radical (unpaired) electrons. The zero-order valence-corrected chi connectivity index (χ0v) is 22.6. The van der Waals surface area contributed by atoms with Gasteiger partial charge >= 0.3 is 5.97 Å². The van der Waals surface area contributed by atoms with E-state index in [2.05, 4.69) is 19.0 Å². The van der Waals surface area contributed by atoms with Crippen LogP contribution in [0.4, 0.5) is 0 Å². The van der Waals surface area contributed by atoms with Crippen LogP contribution < -0.4 is 0 Å². The van der Waals surface area contributed by atoms with E-state index in [4.69, 9.17) is 20.9 Å². The SMILES string of the molecule is COC(=O)[C@@H]1C[C@H](C(=O)Cc2ccc(C)cc2Cl)[C@@H](c2noc(C3CC(CC(C)C)C3)c2C2CC2)C1. The van der Waals surface area contributed by atoms with Crippen LogP contribution in [0.3, 0.4) is 0 Å². The number of carbonyl (C=O) groups excluding carboxylic acids is 2. The lowest BCUT2D eigenvalue weighted by atomic mass is 9.69. The van der Waals surface area contributed by atoms with Crippen molar-refractivity contribution in [2.24, 2.45) is 23.7 Å². The lowest BCUT2D eigenvalue weighted by molar-refractivity contribution is -0.145. The molecule has 6 heteroatoms. The number of esters is 1. The van der Waals surface area contributed by atoms with E-state index in [1.165, 1.54) is 19.1 Å². The third kappa shape index (κ3) is 5.14. The first kappa shape index (κ1) is 25.5. The zero-order valence-electron chi connectivity index (χ0n) is 21.9. The monoisotopic (exact) mass is 511 g/mol. The van der Waals surface area contributed by atoms with Crippen molar-refractivity contribution in [3.05, 3.63) is 51.4 Å². The molecule has 3 aliphatic rings. The van der Waals surface area contributed by atoms with Gasteiger partial charge in [-0.25, -0.2) is 0 Å². The zero-order chi connectivity index (χ0) is 25.6. The maximum Gasteiger partial charge on any atom is 0.308 e. The summed E-state index contributed by atoms with van der Waals surface area (Å²) in [4.78, 5) is 26.2. The first-order chi connectivity index (χ1) is 17.2. The van der Waals surface area contributed by atoms with Gasteiger partial charge in [-0.2, -0.15) is 0 Å². The van der Waals surface area contributed by atoms with E-state index in [-0.39, 0.29) is 35.9 Å². The van der Waals surface area contributed by atoms with E-state index in [9.17, 15) is 9.59 Å². The number of hydrogen-bond donors (Lipinski definition) is 0. The fourth-order valence-corrected chi connectivity index (χ4v) is 6.95. The summed E-state index contributed by atoms with van der Waals surface area (Å²) in [6.07, 6.45) is 7.21. The molecule has 36 heavy (non-hydrogen) atoms. The Morgan fingerprint density at radius 1 is 1.14 bits per heavy atom. The number of ether oxygens (including phenoxy) is 1.